The quantitative estimate of drug-likeness (QED) is 0.354. The van der Waals surface area contributed by atoms with E-state index in [1.54, 1.807) is 38.5 Å². The number of benzene rings is 2. The van der Waals surface area contributed by atoms with Crippen LogP contribution in [0.3, 0.4) is 0 Å². The molecule has 1 atom stereocenters. The molecule has 0 aromatic heterocycles. The summed E-state index contributed by atoms with van der Waals surface area (Å²) in [4.78, 5) is 13.0. The second-order valence-electron chi connectivity index (χ2n) is 8.18. The minimum Gasteiger partial charge on any atom is -0.505 e. The third kappa shape index (κ3) is 4.26. The molecule has 1 unspecified atom stereocenters. The number of carbonyl (C=O) groups is 1. The largest absolute Gasteiger partial charge is 0.505 e. The monoisotopic (exact) mass is 426 g/mol. The first-order chi connectivity index (χ1) is 15.1. The van der Waals surface area contributed by atoms with E-state index in [4.69, 9.17) is 14.2 Å². The van der Waals surface area contributed by atoms with Crippen molar-refractivity contribution in [3.63, 3.8) is 0 Å². The molecule has 3 N–H and O–H groups in total. The first kappa shape index (κ1) is 21.6. The van der Waals surface area contributed by atoms with Gasteiger partial charge in [-0.3, -0.25) is 10.1 Å². The lowest BCUT2D eigenvalue weighted by atomic mass is 9.78. The van der Waals surface area contributed by atoms with Crippen molar-refractivity contribution in [2.45, 2.75) is 50.2 Å². The number of hydrogen-bond acceptors (Lipinski definition) is 7. The number of fused-ring (bicyclic) bond motifs is 1. The Balaban J connectivity index is 1.65. The van der Waals surface area contributed by atoms with Gasteiger partial charge in [0.1, 0.15) is 11.4 Å². The zero-order chi connectivity index (χ0) is 21.8. The Kier molecular flexibility index (Phi) is 6.46. The molecule has 166 valence electrons. The maximum atomic E-state index is 13.0. The number of phenolic OH excluding ortho intramolecular Hbond substituents is 1. The zero-order valence-electron chi connectivity index (χ0n) is 18.0. The first-order valence-corrected chi connectivity index (χ1v) is 10.8. The molecule has 4 rings (SSSR count). The average molecular weight is 427 g/mol. The number of phenols is 1. The number of carbonyl (C=O) groups excluding carboxylic acids is 1. The summed E-state index contributed by atoms with van der Waals surface area (Å²) in [5.74, 6) is 0.229. The van der Waals surface area contributed by atoms with Crippen molar-refractivity contribution in [3.8, 4) is 11.5 Å². The topological polar surface area (TPSA) is 89.1 Å². The average Bonchev–Trinajstić information content (AvgIpc) is 2.81. The van der Waals surface area contributed by atoms with Gasteiger partial charge in [0.2, 0.25) is 0 Å². The van der Waals surface area contributed by atoms with E-state index in [0.29, 0.717) is 23.5 Å². The van der Waals surface area contributed by atoms with Crippen molar-refractivity contribution in [2.75, 3.05) is 26.1 Å². The van der Waals surface area contributed by atoms with E-state index in [1.165, 1.54) is 6.42 Å². The molecule has 7 heteroatoms. The third-order valence-corrected chi connectivity index (χ3v) is 6.28. The highest BCUT2D eigenvalue weighted by molar-refractivity contribution is 6.12. The number of anilines is 1. The van der Waals surface area contributed by atoms with Crippen molar-refractivity contribution >= 4 is 11.5 Å². The highest BCUT2D eigenvalue weighted by Crippen LogP contribution is 2.47. The highest BCUT2D eigenvalue weighted by Gasteiger charge is 2.46. The van der Waals surface area contributed by atoms with Crippen LogP contribution in [-0.2, 0) is 9.47 Å². The summed E-state index contributed by atoms with van der Waals surface area (Å²) in [6.45, 7) is 0.465. The predicted octanol–water partition coefficient (Wildman–Crippen LogP) is 3.67. The zero-order valence-corrected chi connectivity index (χ0v) is 18.0. The smallest absolute Gasteiger partial charge is 0.196 e. The SMILES string of the molecule is COC(CNC1Oc2ccc(C(=O)c3ccccc3)c(O)c2NC12CCCCC2)OC. The normalized spacial score (nSPS) is 19.5. The van der Waals surface area contributed by atoms with Gasteiger partial charge in [0.05, 0.1) is 11.1 Å². The number of ketones is 1. The van der Waals surface area contributed by atoms with Crippen LogP contribution in [0.4, 0.5) is 5.69 Å². The molecule has 1 fully saturated rings. The minimum atomic E-state index is -0.386. The first-order valence-electron chi connectivity index (χ1n) is 10.8. The molecule has 2 aromatic carbocycles. The van der Waals surface area contributed by atoms with Crippen LogP contribution in [0.15, 0.2) is 42.5 Å². The fourth-order valence-electron chi connectivity index (χ4n) is 4.55. The van der Waals surface area contributed by atoms with Crippen molar-refractivity contribution in [3.05, 3.63) is 53.6 Å². The van der Waals surface area contributed by atoms with Crippen molar-refractivity contribution < 1.29 is 24.1 Å². The second-order valence-corrected chi connectivity index (χ2v) is 8.18. The number of hydrogen-bond donors (Lipinski definition) is 3. The molecule has 0 saturated heterocycles. The van der Waals surface area contributed by atoms with Crippen LogP contribution in [-0.4, -0.2) is 49.7 Å². The molecular formula is C24H30N2O5. The molecule has 1 aliphatic heterocycles. The summed E-state index contributed by atoms with van der Waals surface area (Å²) in [7, 11) is 3.20. The van der Waals surface area contributed by atoms with Crippen molar-refractivity contribution in [1.82, 2.24) is 5.32 Å². The number of aromatic hydroxyl groups is 1. The molecule has 31 heavy (non-hydrogen) atoms. The van der Waals surface area contributed by atoms with Gasteiger partial charge in [0.25, 0.3) is 0 Å². The molecule has 1 saturated carbocycles. The van der Waals surface area contributed by atoms with Gasteiger partial charge >= 0.3 is 0 Å². The van der Waals surface area contributed by atoms with Crippen LogP contribution in [0.2, 0.25) is 0 Å². The molecule has 2 aliphatic rings. The summed E-state index contributed by atoms with van der Waals surface area (Å²) in [6, 6.07) is 12.3. The summed E-state index contributed by atoms with van der Waals surface area (Å²) in [6.07, 6.45) is 4.38. The van der Waals surface area contributed by atoms with Crippen molar-refractivity contribution in [2.24, 2.45) is 0 Å². The number of rotatable bonds is 7. The molecular weight excluding hydrogens is 396 g/mol. The van der Waals surface area contributed by atoms with E-state index >= 15 is 0 Å². The van der Waals surface area contributed by atoms with Gasteiger partial charge in [0, 0.05) is 26.3 Å². The fraction of sp³-hybridized carbons (Fsp3) is 0.458. The Morgan fingerprint density at radius 3 is 2.55 bits per heavy atom. The molecule has 0 radical (unpaired) electrons. The van der Waals surface area contributed by atoms with E-state index in [9.17, 15) is 9.90 Å². The summed E-state index contributed by atoms with van der Waals surface area (Å²) < 4.78 is 16.9. The van der Waals surface area contributed by atoms with E-state index in [2.05, 4.69) is 10.6 Å². The van der Waals surface area contributed by atoms with Gasteiger partial charge < -0.3 is 24.6 Å². The van der Waals surface area contributed by atoms with E-state index in [1.807, 2.05) is 18.2 Å². The Morgan fingerprint density at radius 2 is 1.87 bits per heavy atom. The maximum Gasteiger partial charge on any atom is 0.196 e. The second kappa shape index (κ2) is 9.26. The lowest BCUT2D eigenvalue weighted by Gasteiger charge is -2.48. The van der Waals surface area contributed by atoms with Crippen LogP contribution in [0, 0.1) is 0 Å². The molecule has 2 aromatic rings. The molecule has 0 bridgehead atoms. The number of nitrogens with one attached hydrogen (secondary N) is 2. The van der Waals surface area contributed by atoms with Gasteiger partial charge in [-0.2, -0.15) is 0 Å². The van der Waals surface area contributed by atoms with Crippen LogP contribution in [0.25, 0.3) is 0 Å². The van der Waals surface area contributed by atoms with E-state index in [0.717, 1.165) is 25.7 Å². The highest BCUT2D eigenvalue weighted by atomic mass is 16.7. The molecule has 0 amide bonds. The molecule has 7 nitrogen and oxygen atoms in total. The van der Waals surface area contributed by atoms with Gasteiger partial charge in [0.15, 0.2) is 24.1 Å². The maximum absolute atomic E-state index is 13.0. The third-order valence-electron chi connectivity index (χ3n) is 6.28. The van der Waals surface area contributed by atoms with Crippen molar-refractivity contribution in [1.29, 1.82) is 0 Å². The fourth-order valence-corrected chi connectivity index (χ4v) is 4.55. The van der Waals surface area contributed by atoms with Crippen LogP contribution >= 0.6 is 0 Å². The van der Waals surface area contributed by atoms with E-state index < -0.39 is 0 Å². The summed E-state index contributed by atoms with van der Waals surface area (Å²) in [5.41, 5.74) is 0.893. The van der Waals surface area contributed by atoms with Gasteiger partial charge in [-0.05, 0) is 25.0 Å². The molecule has 1 aliphatic carbocycles. The Morgan fingerprint density at radius 1 is 1.16 bits per heavy atom. The number of methoxy groups -OCH3 is 2. The standard InChI is InChI=1S/C24H30N2O5/c1-29-19(30-2)15-25-23-24(13-7-4-8-14-24)26-20-18(31-23)12-11-17(22(20)28)21(27)16-9-5-3-6-10-16/h3,5-6,9-12,19,23,25-26,28H,4,7-8,13-15H2,1-2H3. The van der Waals surface area contributed by atoms with E-state index in [-0.39, 0.29) is 35.2 Å². The molecule has 1 spiro atoms. The number of ether oxygens (including phenoxy) is 3. The van der Waals surface area contributed by atoms with Crippen LogP contribution in [0.1, 0.15) is 48.0 Å². The van der Waals surface area contributed by atoms with Gasteiger partial charge in [-0.1, -0.05) is 49.6 Å². The van der Waals surface area contributed by atoms with Gasteiger partial charge in [-0.15, -0.1) is 0 Å². The Labute approximate surface area is 182 Å². The summed E-state index contributed by atoms with van der Waals surface area (Å²) >= 11 is 0. The summed E-state index contributed by atoms with van der Waals surface area (Å²) in [5, 5.41) is 18.0. The Bertz CT molecular complexity index is 908. The lowest BCUT2D eigenvalue weighted by molar-refractivity contribution is -0.106. The molecule has 1 heterocycles. The predicted molar refractivity (Wildman–Crippen MR) is 118 cm³/mol. The van der Waals surface area contributed by atoms with Crippen LogP contribution < -0.4 is 15.4 Å². The van der Waals surface area contributed by atoms with Gasteiger partial charge in [-0.25, -0.2) is 0 Å². The van der Waals surface area contributed by atoms with Crippen LogP contribution in [0.5, 0.6) is 11.5 Å². The lowest BCUT2D eigenvalue weighted by Crippen LogP contribution is -2.62. The Hall–Kier alpha value is -2.61. The minimum absolute atomic E-state index is 0.0681.